The van der Waals surface area contributed by atoms with Crippen molar-refractivity contribution in [3.05, 3.63) is 58.9 Å². The van der Waals surface area contributed by atoms with Crippen LogP contribution < -0.4 is 5.32 Å². The monoisotopic (exact) mass is 267 g/mol. The number of hydrogen-bond donors (Lipinski definition) is 1. The van der Waals surface area contributed by atoms with Crippen LogP contribution in [0.3, 0.4) is 0 Å². The number of benzene rings is 1. The molecule has 0 radical (unpaired) electrons. The average Bonchev–Trinajstić information content (AvgIpc) is 2.89. The van der Waals surface area contributed by atoms with Crippen LogP contribution in [0.15, 0.2) is 36.5 Å². The van der Waals surface area contributed by atoms with E-state index in [0.29, 0.717) is 0 Å². The van der Waals surface area contributed by atoms with E-state index in [-0.39, 0.29) is 0 Å². The molecule has 0 fully saturated rings. The molecule has 2 aromatic rings. The van der Waals surface area contributed by atoms with Crippen LogP contribution in [0.25, 0.3) is 0 Å². The largest absolute Gasteiger partial charge is 0.346 e. The predicted octanol–water partition coefficient (Wildman–Crippen LogP) is 3.22. The number of aryl methyl sites for hydroxylation is 1. The first-order chi connectivity index (χ1) is 9.74. The Hall–Kier alpha value is -2.05. The van der Waals surface area contributed by atoms with Crippen molar-refractivity contribution in [3.8, 4) is 6.07 Å². The fraction of sp³-hybridized carbons (Fsp3) is 0.353. The van der Waals surface area contributed by atoms with Gasteiger partial charge in [-0.3, -0.25) is 0 Å². The zero-order valence-corrected chi connectivity index (χ0v) is 12.2. The number of rotatable bonds is 6. The first-order valence-corrected chi connectivity index (χ1v) is 7.09. The summed E-state index contributed by atoms with van der Waals surface area (Å²) in [7, 11) is 0. The zero-order valence-electron chi connectivity index (χ0n) is 12.2. The van der Waals surface area contributed by atoms with Gasteiger partial charge in [-0.2, -0.15) is 5.26 Å². The zero-order chi connectivity index (χ0) is 14.4. The molecule has 1 aromatic carbocycles. The van der Waals surface area contributed by atoms with E-state index in [1.165, 1.54) is 16.8 Å². The summed E-state index contributed by atoms with van der Waals surface area (Å²) < 4.78 is 2.26. The SMILES string of the molecule is CCCNCc1cccn1Cc1ccc(C#N)cc1C. The van der Waals surface area contributed by atoms with Crippen LogP contribution >= 0.6 is 0 Å². The summed E-state index contributed by atoms with van der Waals surface area (Å²) in [5.74, 6) is 0. The molecule has 0 bridgehead atoms. The summed E-state index contributed by atoms with van der Waals surface area (Å²) in [6, 6.07) is 12.3. The van der Waals surface area contributed by atoms with Crippen molar-refractivity contribution in [1.29, 1.82) is 5.26 Å². The molecule has 3 nitrogen and oxygen atoms in total. The van der Waals surface area contributed by atoms with Gasteiger partial charge in [-0.1, -0.05) is 13.0 Å². The van der Waals surface area contributed by atoms with Crippen LogP contribution in [-0.4, -0.2) is 11.1 Å². The van der Waals surface area contributed by atoms with E-state index < -0.39 is 0 Å². The highest BCUT2D eigenvalue weighted by atomic mass is 15.0. The summed E-state index contributed by atoms with van der Waals surface area (Å²) in [5, 5.41) is 12.3. The highest BCUT2D eigenvalue weighted by Crippen LogP contribution is 2.14. The van der Waals surface area contributed by atoms with Crippen molar-refractivity contribution in [2.75, 3.05) is 6.54 Å². The molecule has 0 saturated heterocycles. The van der Waals surface area contributed by atoms with Crippen LogP contribution in [0, 0.1) is 18.3 Å². The topological polar surface area (TPSA) is 40.8 Å². The van der Waals surface area contributed by atoms with E-state index in [0.717, 1.165) is 31.6 Å². The molecule has 0 saturated carbocycles. The van der Waals surface area contributed by atoms with E-state index >= 15 is 0 Å². The minimum Gasteiger partial charge on any atom is -0.346 e. The molecule has 0 aliphatic rings. The average molecular weight is 267 g/mol. The van der Waals surface area contributed by atoms with Crippen LogP contribution in [-0.2, 0) is 13.1 Å². The van der Waals surface area contributed by atoms with Crippen LogP contribution in [0.4, 0.5) is 0 Å². The second-order valence-corrected chi connectivity index (χ2v) is 5.06. The summed E-state index contributed by atoms with van der Waals surface area (Å²) in [6.45, 7) is 7.03. The molecule has 20 heavy (non-hydrogen) atoms. The minimum atomic E-state index is 0.726. The molecule has 1 N–H and O–H groups in total. The fourth-order valence-corrected chi connectivity index (χ4v) is 2.28. The van der Waals surface area contributed by atoms with Gasteiger partial charge in [0.15, 0.2) is 0 Å². The molecule has 0 amide bonds. The van der Waals surface area contributed by atoms with Gasteiger partial charge in [0, 0.05) is 25.0 Å². The molecule has 1 aromatic heterocycles. The van der Waals surface area contributed by atoms with E-state index in [4.69, 9.17) is 5.26 Å². The Labute approximate surface area is 120 Å². The molecule has 2 rings (SSSR count). The standard InChI is InChI=1S/C17H21N3/c1-3-8-19-12-17-5-4-9-20(17)13-16-7-6-15(11-18)10-14(16)2/h4-7,9-10,19H,3,8,12-13H2,1-2H3. The molecular formula is C17H21N3. The van der Waals surface area contributed by atoms with Gasteiger partial charge in [0.25, 0.3) is 0 Å². The van der Waals surface area contributed by atoms with Crippen molar-refractivity contribution in [3.63, 3.8) is 0 Å². The van der Waals surface area contributed by atoms with Gasteiger partial charge in [0.2, 0.25) is 0 Å². The second kappa shape index (κ2) is 6.93. The molecular weight excluding hydrogens is 246 g/mol. The van der Waals surface area contributed by atoms with Crippen LogP contribution in [0.2, 0.25) is 0 Å². The Morgan fingerprint density at radius 1 is 1.30 bits per heavy atom. The maximum absolute atomic E-state index is 8.91. The second-order valence-electron chi connectivity index (χ2n) is 5.06. The summed E-state index contributed by atoms with van der Waals surface area (Å²) in [4.78, 5) is 0. The number of hydrogen-bond acceptors (Lipinski definition) is 2. The van der Waals surface area contributed by atoms with Gasteiger partial charge in [0.05, 0.1) is 11.6 Å². The summed E-state index contributed by atoms with van der Waals surface area (Å²) in [6.07, 6.45) is 3.26. The maximum Gasteiger partial charge on any atom is 0.0991 e. The molecule has 0 unspecified atom stereocenters. The van der Waals surface area contributed by atoms with Gasteiger partial charge in [0.1, 0.15) is 0 Å². The molecule has 3 heteroatoms. The lowest BCUT2D eigenvalue weighted by Crippen LogP contribution is -2.17. The Morgan fingerprint density at radius 2 is 2.15 bits per heavy atom. The Balaban J connectivity index is 2.10. The normalized spacial score (nSPS) is 10.4. The summed E-state index contributed by atoms with van der Waals surface area (Å²) in [5.41, 5.74) is 4.45. The van der Waals surface area contributed by atoms with Gasteiger partial charge >= 0.3 is 0 Å². The molecule has 1 heterocycles. The van der Waals surface area contributed by atoms with Gasteiger partial charge in [-0.05, 0) is 55.3 Å². The number of nitrogens with zero attached hydrogens (tertiary/aromatic N) is 2. The van der Waals surface area contributed by atoms with Crippen molar-refractivity contribution in [2.45, 2.75) is 33.4 Å². The van der Waals surface area contributed by atoms with Crippen LogP contribution in [0.1, 0.15) is 35.7 Å². The highest BCUT2D eigenvalue weighted by molar-refractivity contribution is 5.37. The number of nitrogens with one attached hydrogen (secondary N) is 1. The third-order valence-corrected chi connectivity index (χ3v) is 3.47. The molecule has 0 spiro atoms. The molecule has 0 aliphatic carbocycles. The van der Waals surface area contributed by atoms with Crippen molar-refractivity contribution in [2.24, 2.45) is 0 Å². The smallest absolute Gasteiger partial charge is 0.0991 e. The van der Waals surface area contributed by atoms with Crippen molar-refractivity contribution < 1.29 is 0 Å². The first-order valence-electron chi connectivity index (χ1n) is 7.09. The molecule has 104 valence electrons. The van der Waals surface area contributed by atoms with Crippen molar-refractivity contribution in [1.82, 2.24) is 9.88 Å². The van der Waals surface area contributed by atoms with Crippen molar-refractivity contribution >= 4 is 0 Å². The number of aromatic nitrogens is 1. The lowest BCUT2D eigenvalue weighted by Gasteiger charge is -2.12. The third kappa shape index (κ3) is 3.49. The molecule has 0 atom stereocenters. The maximum atomic E-state index is 8.91. The van der Waals surface area contributed by atoms with E-state index in [9.17, 15) is 0 Å². The Bertz CT molecular complexity index is 605. The third-order valence-electron chi connectivity index (χ3n) is 3.47. The Kier molecular flexibility index (Phi) is 4.97. The first kappa shape index (κ1) is 14.4. The van der Waals surface area contributed by atoms with E-state index in [1.807, 2.05) is 12.1 Å². The highest BCUT2D eigenvalue weighted by Gasteiger charge is 2.04. The van der Waals surface area contributed by atoms with E-state index in [2.05, 4.69) is 54.2 Å². The molecule has 0 aliphatic heterocycles. The minimum absolute atomic E-state index is 0.726. The van der Waals surface area contributed by atoms with Gasteiger partial charge in [-0.15, -0.1) is 0 Å². The van der Waals surface area contributed by atoms with Crippen LogP contribution in [0.5, 0.6) is 0 Å². The van der Waals surface area contributed by atoms with E-state index in [1.54, 1.807) is 0 Å². The van der Waals surface area contributed by atoms with Gasteiger partial charge in [-0.25, -0.2) is 0 Å². The predicted molar refractivity (Wildman–Crippen MR) is 81.4 cm³/mol. The lowest BCUT2D eigenvalue weighted by atomic mass is 10.1. The summed E-state index contributed by atoms with van der Waals surface area (Å²) >= 11 is 0. The fourth-order valence-electron chi connectivity index (χ4n) is 2.28. The Morgan fingerprint density at radius 3 is 2.85 bits per heavy atom. The quantitative estimate of drug-likeness (QED) is 0.816. The van der Waals surface area contributed by atoms with Gasteiger partial charge < -0.3 is 9.88 Å². The lowest BCUT2D eigenvalue weighted by molar-refractivity contribution is 0.629. The number of nitriles is 1.